The van der Waals surface area contributed by atoms with Crippen LogP contribution in [0.3, 0.4) is 0 Å². The molecule has 0 bridgehead atoms. The minimum Gasteiger partial charge on any atom is -0.345 e. The van der Waals surface area contributed by atoms with Crippen LogP contribution in [0.5, 0.6) is 0 Å². The number of hydrogen-bond acceptors (Lipinski definition) is 2. The van der Waals surface area contributed by atoms with E-state index < -0.39 is 0 Å². The molecule has 19 heavy (non-hydrogen) atoms. The number of aryl methyl sites for hydroxylation is 1. The molecule has 3 nitrogen and oxygen atoms in total. The van der Waals surface area contributed by atoms with E-state index in [2.05, 4.69) is 53.8 Å². The molecular formula is C15H20BrN3. The lowest BCUT2D eigenvalue weighted by Crippen LogP contribution is -2.23. The lowest BCUT2D eigenvalue weighted by atomic mass is 9.88. The second-order valence-electron chi connectivity index (χ2n) is 5.49. The number of aromatic nitrogens is 2. The Morgan fingerprint density at radius 3 is 2.47 bits per heavy atom. The van der Waals surface area contributed by atoms with E-state index in [-0.39, 0.29) is 5.41 Å². The molecule has 0 fully saturated rings. The highest BCUT2D eigenvalue weighted by Crippen LogP contribution is 2.29. The lowest BCUT2D eigenvalue weighted by Gasteiger charge is -2.20. The number of rotatable bonds is 4. The van der Waals surface area contributed by atoms with Crippen molar-refractivity contribution < 1.29 is 0 Å². The van der Waals surface area contributed by atoms with Crippen LogP contribution >= 0.6 is 15.9 Å². The summed E-state index contributed by atoms with van der Waals surface area (Å²) >= 11 is 3.45. The number of benzene rings is 1. The average Bonchev–Trinajstić information content (AvgIpc) is 2.73. The smallest absolute Gasteiger partial charge is 0.112 e. The van der Waals surface area contributed by atoms with Crippen LogP contribution in [0.2, 0.25) is 0 Å². The van der Waals surface area contributed by atoms with Gasteiger partial charge in [0.2, 0.25) is 0 Å². The Labute approximate surface area is 122 Å². The van der Waals surface area contributed by atoms with Gasteiger partial charge in [-0.3, -0.25) is 0 Å². The number of nitrogens with two attached hydrogens (primary N) is 1. The lowest BCUT2D eigenvalue weighted by molar-refractivity contribution is 0.461. The average molecular weight is 322 g/mol. The molecule has 0 atom stereocenters. The van der Waals surface area contributed by atoms with Gasteiger partial charge in [0, 0.05) is 21.1 Å². The van der Waals surface area contributed by atoms with E-state index in [0.29, 0.717) is 6.54 Å². The third-order valence-electron chi connectivity index (χ3n) is 3.41. The molecule has 4 heteroatoms. The van der Waals surface area contributed by atoms with E-state index in [1.54, 1.807) is 0 Å². The summed E-state index contributed by atoms with van der Waals surface area (Å²) in [5.41, 5.74) is 8.91. The molecule has 1 aromatic heterocycles. The van der Waals surface area contributed by atoms with Crippen molar-refractivity contribution in [3.63, 3.8) is 0 Å². The van der Waals surface area contributed by atoms with Crippen LogP contribution in [-0.2, 0) is 5.41 Å². The number of nitrogens with one attached hydrogen (secondary N) is 1. The number of imidazole rings is 1. The number of halogens is 1. The fraction of sp³-hybridized carbons (Fsp3) is 0.400. The first-order chi connectivity index (χ1) is 8.94. The highest BCUT2D eigenvalue weighted by atomic mass is 79.9. The highest BCUT2D eigenvalue weighted by Gasteiger charge is 2.24. The van der Waals surface area contributed by atoms with Crippen LogP contribution in [0.15, 0.2) is 28.7 Å². The van der Waals surface area contributed by atoms with E-state index in [1.165, 1.54) is 0 Å². The maximum atomic E-state index is 5.68. The van der Waals surface area contributed by atoms with Gasteiger partial charge >= 0.3 is 0 Å². The first kappa shape index (κ1) is 14.3. The molecule has 0 aliphatic carbocycles. The van der Waals surface area contributed by atoms with Gasteiger partial charge in [-0.05, 0) is 32.0 Å². The van der Waals surface area contributed by atoms with Gasteiger partial charge < -0.3 is 10.7 Å². The van der Waals surface area contributed by atoms with Gasteiger partial charge in [0.25, 0.3) is 0 Å². The monoisotopic (exact) mass is 321 g/mol. The molecule has 2 rings (SSSR count). The Kier molecular flexibility index (Phi) is 4.11. The largest absolute Gasteiger partial charge is 0.345 e. The fourth-order valence-electron chi connectivity index (χ4n) is 2.15. The summed E-state index contributed by atoms with van der Waals surface area (Å²) in [4.78, 5) is 8.18. The second-order valence-corrected chi connectivity index (χ2v) is 6.40. The van der Waals surface area contributed by atoms with E-state index >= 15 is 0 Å². The Balaban J connectivity index is 2.39. The Hall–Kier alpha value is -1.13. The topological polar surface area (TPSA) is 54.7 Å². The van der Waals surface area contributed by atoms with Crippen molar-refractivity contribution in [3.8, 4) is 11.3 Å². The first-order valence-corrected chi connectivity index (χ1v) is 7.26. The van der Waals surface area contributed by atoms with E-state index in [4.69, 9.17) is 10.7 Å². The quantitative estimate of drug-likeness (QED) is 0.900. The van der Waals surface area contributed by atoms with Crippen molar-refractivity contribution in [1.29, 1.82) is 0 Å². The minimum absolute atomic E-state index is 0.0207. The fourth-order valence-corrected chi connectivity index (χ4v) is 2.41. The third-order valence-corrected chi connectivity index (χ3v) is 3.94. The van der Waals surface area contributed by atoms with Crippen molar-refractivity contribution >= 4 is 15.9 Å². The predicted molar refractivity (Wildman–Crippen MR) is 83.2 cm³/mol. The van der Waals surface area contributed by atoms with Crippen molar-refractivity contribution in [2.45, 2.75) is 32.6 Å². The first-order valence-electron chi connectivity index (χ1n) is 6.47. The van der Waals surface area contributed by atoms with Crippen molar-refractivity contribution in [2.24, 2.45) is 5.73 Å². The standard InChI is InChI=1S/C15H20BrN3/c1-10-13(11-4-6-12(16)7-5-11)19-14(18-10)15(2,3)8-9-17/h4-7H,8-9,17H2,1-3H3,(H,18,19). The summed E-state index contributed by atoms with van der Waals surface area (Å²) in [6.07, 6.45) is 0.916. The second kappa shape index (κ2) is 5.47. The van der Waals surface area contributed by atoms with Gasteiger partial charge in [-0.15, -0.1) is 0 Å². The third kappa shape index (κ3) is 3.07. The van der Waals surface area contributed by atoms with Gasteiger partial charge in [0.05, 0.1) is 5.69 Å². The number of aromatic amines is 1. The zero-order valence-corrected chi connectivity index (χ0v) is 13.2. The Bertz CT molecular complexity index is 555. The summed E-state index contributed by atoms with van der Waals surface area (Å²) in [7, 11) is 0. The van der Waals surface area contributed by atoms with Crippen LogP contribution in [-0.4, -0.2) is 16.5 Å². The van der Waals surface area contributed by atoms with Crippen molar-refractivity contribution in [3.05, 3.63) is 40.3 Å². The van der Waals surface area contributed by atoms with Crippen molar-refractivity contribution in [1.82, 2.24) is 9.97 Å². The molecule has 1 heterocycles. The Morgan fingerprint density at radius 1 is 1.26 bits per heavy atom. The minimum atomic E-state index is -0.0207. The molecule has 0 saturated heterocycles. The van der Waals surface area contributed by atoms with Crippen LogP contribution in [0.25, 0.3) is 11.3 Å². The summed E-state index contributed by atoms with van der Waals surface area (Å²) in [6.45, 7) is 7.07. The molecule has 0 unspecified atom stereocenters. The van der Waals surface area contributed by atoms with Crippen LogP contribution < -0.4 is 5.73 Å². The van der Waals surface area contributed by atoms with Gasteiger partial charge in [-0.25, -0.2) is 4.98 Å². The maximum Gasteiger partial charge on any atom is 0.112 e. The molecule has 0 spiro atoms. The molecule has 0 aliphatic heterocycles. The molecule has 0 amide bonds. The SMILES string of the molecule is Cc1[nH]c(C(C)(C)CCN)nc1-c1ccc(Br)cc1. The van der Waals surface area contributed by atoms with Gasteiger partial charge in [0.1, 0.15) is 5.82 Å². The van der Waals surface area contributed by atoms with Gasteiger partial charge in [0.15, 0.2) is 0 Å². The molecule has 0 aliphatic rings. The van der Waals surface area contributed by atoms with Crippen LogP contribution in [0.4, 0.5) is 0 Å². The van der Waals surface area contributed by atoms with Crippen molar-refractivity contribution in [2.75, 3.05) is 6.54 Å². The van der Waals surface area contributed by atoms with Gasteiger partial charge in [-0.1, -0.05) is 41.9 Å². The van der Waals surface area contributed by atoms with Crippen LogP contribution in [0, 0.1) is 6.92 Å². The molecule has 102 valence electrons. The number of H-pyrrole nitrogens is 1. The predicted octanol–water partition coefficient (Wildman–Crippen LogP) is 3.77. The zero-order valence-electron chi connectivity index (χ0n) is 11.6. The van der Waals surface area contributed by atoms with E-state index in [0.717, 1.165) is 33.7 Å². The Morgan fingerprint density at radius 2 is 1.89 bits per heavy atom. The van der Waals surface area contributed by atoms with E-state index in [9.17, 15) is 0 Å². The highest BCUT2D eigenvalue weighted by molar-refractivity contribution is 9.10. The summed E-state index contributed by atoms with van der Waals surface area (Å²) < 4.78 is 1.08. The van der Waals surface area contributed by atoms with Gasteiger partial charge in [-0.2, -0.15) is 0 Å². The normalized spacial score (nSPS) is 11.8. The molecule has 0 radical (unpaired) electrons. The summed E-state index contributed by atoms with van der Waals surface area (Å²) in [6, 6.07) is 8.22. The van der Waals surface area contributed by atoms with E-state index in [1.807, 2.05) is 12.1 Å². The molecule has 1 aromatic carbocycles. The molecular weight excluding hydrogens is 302 g/mol. The summed E-state index contributed by atoms with van der Waals surface area (Å²) in [5.74, 6) is 1.01. The molecule has 0 saturated carbocycles. The number of hydrogen-bond donors (Lipinski definition) is 2. The van der Waals surface area contributed by atoms with Crippen LogP contribution in [0.1, 0.15) is 31.8 Å². The summed E-state index contributed by atoms with van der Waals surface area (Å²) in [5, 5.41) is 0. The molecule has 2 aromatic rings. The zero-order chi connectivity index (χ0) is 14.0. The molecule has 3 N–H and O–H groups in total. The maximum absolute atomic E-state index is 5.68. The number of nitrogens with zero attached hydrogens (tertiary/aromatic N) is 1.